The van der Waals surface area contributed by atoms with Crippen molar-refractivity contribution in [1.29, 1.82) is 0 Å². The van der Waals surface area contributed by atoms with E-state index in [2.05, 4.69) is 36.5 Å². The highest BCUT2D eigenvalue weighted by Gasteiger charge is 2.58. The maximum atomic E-state index is 13.0. The Hall–Kier alpha value is -2.28. The number of halogens is 1. The van der Waals surface area contributed by atoms with Gasteiger partial charge in [0.15, 0.2) is 0 Å². The lowest BCUT2D eigenvalue weighted by Gasteiger charge is -2.62. The molecule has 4 aliphatic carbocycles. The number of carbonyl (C=O) groups is 2. The van der Waals surface area contributed by atoms with Gasteiger partial charge in [-0.15, -0.1) is 0 Å². The first kappa shape index (κ1) is 19.7. The van der Waals surface area contributed by atoms with Gasteiger partial charge in [-0.3, -0.25) is 14.6 Å². The van der Waals surface area contributed by atoms with Crippen LogP contribution in [0.15, 0.2) is 41.0 Å². The number of carbonyl (C=O) groups excluding carboxylic acids is 2. The van der Waals surface area contributed by atoms with Crippen LogP contribution in [0.2, 0.25) is 0 Å². The van der Waals surface area contributed by atoms with Crippen LogP contribution in [0.5, 0.6) is 0 Å². The number of nitrogens with zero attached hydrogens (tertiary/aromatic N) is 2. The Morgan fingerprint density at radius 3 is 2.23 bits per heavy atom. The maximum absolute atomic E-state index is 13.0. The van der Waals surface area contributed by atoms with Gasteiger partial charge in [-0.25, -0.2) is 4.98 Å². The zero-order chi connectivity index (χ0) is 20.9. The number of amides is 2. The Bertz CT molecular complexity index is 932. The molecule has 156 valence electrons. The number of aryl methyl sites for hydroxylation is 1. The Labute approximate surface area is 184 Å². The fourth-order valence-corrected chi connectivity index (χ4v) is 6.70. The van der Waals surface area contributed by atoms with Gasteiger partial charge in [0, 0.05) is 27.4 Å². The SMILES string of the molecule is Cc1cccc(C(=O)NC23CC4CC(CC(NC(=O)c5cc(Br)ccn5)(C4)C2)C3)n1. The van der Waals surface area contributed by atoms with Crippen molar-refractivity contribution < 1.29 is 9.59 Å². The molecule has 0 aromatic carbocycles. The summed E-state index contributed by atoms with van der Waals surface area (Å²) in [5, 5.41) is 6.66. The van der Waals surface area contributed by atoms with E-state index >= 15 is 0 Å². The van der Waals surface area contributed by atoms with E-state index < -0.39 is 0 Å². The van der Waals surface area contributed by atoms with Crippen molar-refractivity contribution in [2.45, 2.75) is 56.5 Å². The Balaban J connectivity index is 1.38. The predicted octanol–water partition coefficient (Wildman–Crippen LogP) is 3.80. The van der Waals surface area contributed by atoms with E-state index in [9.17, 15) is 9.59 Å². The number of hydrogen-bond donors (Lipinski definition) is 2. The summed E-state index contributed by atoms with van der Waals surface area (Å²) in [6.07, 6.45) is 7.50. The molecular formula is C23H25BrN4O2. The van der Waals surface area contributed by atoms with E-state index in [1.54, 1.807) is 18.3 Å². The second-order valence-corrected chi connectivity index (χ2v) is 10.4. The molecule has 7 heteroatoms. The average molecular weight is 469 g/mol. The highest BCUT2D eigenvalue weighted by Crippen LogP contribution is 2.57. The minimum Gasteiger partial charge on any atom is -0.345 e. The van der Waals surface area contributed by atoms with Crippen LogP contribution in [0.3, 0.4) is 0 Å². The molecule has 4 aliphatic rings. The number of pyridine rings is 2. The topological polar surface area (TPSA) is 84.0 Å². The predicted molar refractivity (Wildman–Crippen MR) is 116 cm³/mol. The summed E-state index contributed by atoms with van der Waals surface area (Å²) in [5.74, 6) is 0.788. The molecule has 2 aromatic rings. The van der Waals surface area contributed by atoms with Crippen molar-refractivity contribution in [1.82, 2.24) is 20.6 Å². The van der Waals surface area contributed by atoms with Crippen LogP contribution < -0.4 is 10.6 Å². The smallest absolute Gasteiger partial charge is 0.270 e. The van der Waals surface area contributed by atoms with Gasteiger partial charge in [-0.2, -0.15) is 0 Å². The van der Waals surface area contributed by atoms with Gasteiger partial charge in [-0.1, -0.05) is 22.0 Å². The summed E-state index contributed by atoms with van der Waals surface area (Å²) in [6.45, 7) is 1.89. The summed E-state index contributed by atoms with van der Waals surface area (Å²) in [6, 6.07) is 9.08. The Kier molecular flexibility index (Phi) is 4.69. The van der Waals surface area contributed by atoms with Gasteiger partial charge in [0.2, 0.25) is 0 Å². The first-order valence-electron chi connectivity index (χ1n) is 10.5. The van der Waals surface area contributed by atoms with Crippen molar-refractivity contribution >= 4 is 27.7 Å². The van der Waals surface area contributed by atoms with Crippen LogP contribution in [0, 0.1) is 18.8 Å². The van der Waals surface area contributed by atoms with Crippen LogP contribution in [0.4, 0.5) is 0 Å². The normalized spacial score (nSPS) is 31.4. The van der Waals surface area contributed by atoms with E-state index in [1.807, 2.05) is 25.1 Å². The molecule has 0 radical (unpaired) electrons. The zero-order valence-electron chi connectivity index (χ0n) is 17.0. The standard InChI is InChI=1S/C23H25BrN4O2/c1-14-3-2-4-18(26-14)20(29)27-22-9-15-7-16(10-22)12-23(11-15,13-22)28-21(30)19-8-17(24)5-6-25-19/h2-6,8,15-16H,7,9-13H2,1H3,(H,27,29)(H,28,30). The minimum absolute atomic E-state index is 0.115. The van der Waals surface area contributed by atoms with Crippen LogP contribution >= 0.6 is 15.9 Å². The van der Waals surface area contributed by atoms with E-state index in [-0.39, 0.29) is 22.9 Å². The van der Waals surface area contributed by atoms with Gasteiger partial charge in [0.1, 0.15) is 11.4 Å². The number of hydrogen-bond acceptors (Lipinski definition) is 4. The molecule has 4 bridgehead atoms. The fourth-order valence-electron chi connectivity index (χ4n) is 6.36. The van der Waals surface area contributed by atoms with Crippen molar-refractivity contribution in [2.75, 3.05) is 0 Å². The average Bonchev–Trinajstić information content (AvgIpc) is 2.66. The molecule has 2 amide bonds. The first-order valence-corrected chi connectivity index (χ1v) is 11.3. The molecule has 2 unspecified atom stereocenters. The fraction of sp³-hybridized carbons (Fsp3) is 0.478. The lowest BCUT2D eigenvalue weighted by Crippen LogP contribution is -2.70. The molecule has 0 aliphatic heterocycles. The summed E-state index contributed by atoms with van der Waals surface area (Å²) in [5.41, 5.74) is 1.16. The third-order valence-corrected chi connectivity index (χ3v) is 7.39. The monoisotopic (exact) mass is 468 g/mol. The lowest BCUT2D eigenvalue weighted by atomic mass is 9.49. The van der Waals surface area contributed by atoms with Gasteiger partial charge < -0.3 is 10.6 Å². The van der Waals surface area contributed by atoms with Crippen LogP contribution in [0.25, 0.3) is 0 Å². The van der Waals surface area contributed by atoms with E-state index in [4.69, 9.17) is 0 Å². The summed E-state index contributed by atoms with van der Waals surface area (Å²) in [4.78, 5) is 34.6. The number of rotatable bonds is 4. The number of nitrogens with one attached hydrogen (secondary N) is 2. The zero-order valence-corrected chi connectivity index (χ0v) is 18.5. The first-order chi connectivity index (χ1) is 14.3. The molecular weight excluding hydrogens is 444 g/mol. The molecule has 0 spiro atoms. The highest BCUT2D eigenvalue weighted by atomic mass is 79.9. The molecule has 2 atom stereocenters. The largest absolute Gasteiger partial charge is 0.345 e. The van der Waals surface area contributed by atoms with Gasteiger partial charge >= 0.3 is 0 Å². The Morgan fingerprint density at radius 1 is 1.00 bits per heavy atom. The van der Waals surface area contributed by atoms with Crippen molar-refractivity contribution in [3.05, 3.63) is 58.1 Å². The maximum Gasteiger partial charge on any atom is 0.270 e. The lowest BCUT2D eigenvalue weighted by molar-refractivity contribution is -0.0449. The molecule has 4 fully saturated rings. The molecule has 2 aromatic heterocycles. The quantitative estimate of drug-likeness (QED) is 0.714. The van der Waals surface area contributed by atoms with Crippen LogP contribution in [0.1, 0.15) is 65.2 Å². The second kappa shape index (κ2) is 7.15. The van der Waals surface area contributed by atoms with Gasteiger partial charge in [-0.05, 0) is 81.5 Å². The molecule has 6 rings (SSSR count). The van der Waals surface area contributed by atoms with E-state index in [0.717, 1.165) is 42.3 Å². The van der Waals surface area contributed by atoms with Gasteiger partial charge in [0.25, 0.3) is 11.8 Å². The highest BCUT2D eigenvalue weighted by molar-refractivity contribution is 9.10. The third-order valence-electron chi connectivity index (χ3n) is 6.89. The van der Waals surface area contributed by atoms with Crippen LogP contribution in [-0.2, 0) is 0 Å². The van der Waals surface area contributed by atoms with Gasteiger partial charge in [0.05, 0.1) is 0 Å². The summed E-state index contributed by atoms with van der Waals surface area (Å²) in [7, 11) is 0. The third kappa shape index (κ3) is 3.64. The van der Waals surface area contributed by atoms with E-state index in [1.165, 1.54) is 6.42 Å². The van der Waals surface area contributed by atoms with Crippen molar-refractivity contribution in [3.63, 3.8) is 0 Å². The van der Waals surface area contributed by atoms with E-state index in [0.29, 0.717) is 23.2 Å². The Morgan fingerprint density at radius 2 is 1.63 bits per heavy atom. The number of aromatic nitrogens is 2. The molecule has 2 N–H and O–H groups in total. The molecule has 30 heavy (non-hydrogen) atoms. The molecule has 0 saturated heterocycles. The molecule has 2 heterocycles. The van der Waals surface area contributed by atoms with Crippen molar-refractivity contribution in [3.8, 4) is 0 Å². The summed E-state index contributed by atoms with van der Waals surface area (Å²) < 4.78 is 0.836. The molecule has 4 saturated carbocycles. The van der Waals surface area contributed by atoms with Crippen LogP contribution in [-0.4, -0.2) is 32.9 Å². The minimum atomic E-state index is -0.279. The second-order valence-electron chi connectivity index (χ2n) is 9.45. The van der Waals surface area contributed by atoms with Crippen molar-refractivity contribution in [2.24, 2.45) is 11.8 Å². The molecule has 6 nitrogen and oxygen atoms in total. The summed E-state index contributed by atoms with van der Waals surface area (Å²) >= 11 is 3.41.